The van der Waals surface area contributed by atoms with E-state index in [9.17, 15) is 17.6 Å². The Labute approximate surface area is 158 Å². The predicted octanol–water partition coefficient (Wildman–Crippen LogP) is 1.82. The van der Waals surface area contributed by atoms with Gasteiger partial charge in [-0.25, -0.2) is 12.8 Å². The van der Waals surface area contributed by atoms with Crippen molar-refractivity contribution in [2.24, 2.45) is 0 Å². The van der Waals surface area contributed by atoms with Gasteiger partial charge in [0.15, 0.2) is 0 Å². The highest BCUT2D eigenvalue weighted by molar-refractivity contribution is 7.89. The summed E-state index contributed by atoms with van der Waals surface area (Å²) >= 11 is 0. The Hall–Kier alpha value is -2.29. The van der Waals surface area contributed by atoms with Crippen molar-refractivity contribution in [3.63, 3.8) is 0 Å². The Bertz CT molecular complexity index is 852. The molecule has 1 amide bonds. The lowest BCUT2D eigenvalue weighted by atomic mass is 10.2. The van der Waals surface area contributed by atoms with E-state index in [-0.39, 0.29) is 31.1 Å². The standard InChI is InChI=1S/C19H23FN2O4S/c1-15-3-9-18(10-4-15)27(25,26)22(14-19(24)21-11-2-12-23)13-16-5-7-17(20)8-6-16/h3-10,23H,2,11-14H2,1H3,(H,21,24). The van der Waals surface area contributed by atoms with E-state index < -0.39 is 21.7 Å². The smallest absolute Gasteiger partial charge is 0.243 e. The van der Waals surface area contributed by atoms with Gasteiger partial charge >= 0.3 is 0 Å². The van der Waals surface area contributed by atoms with Crippen LogP contribution in [0.2, 0.25) is 0 Å². The second-order valence-corrected chi connectivity index (χ2v) is 8.08. The predicted molar refractivity (Wildman–Crippen MR) is 99.9 cm³/mol. The minimum absolute atomic E-state index is 0.0656. The molecule has 0 saturated carbocycles. The number of hydrogen-bond acceptors (Lipinski definition) is 4. The summed E-state index contributed by atoms with van der Waals surface area (Å²) in [6, 6.07) is 11.8. The van der Waals surface area contributed by atoms with Crippen LogP contribution in [0.25, 0.3) is 0 Å². The van der Waals surface area contributed by atoms with Crippen molar-refractivity contribution in [2.75, 3.05) is 19.7 Å². The van der Waals surface area contributed by atoms with Crippen molar-refractivity contribution in [3.8, 4) is 0 Å². The SMILES string of the molecule is Cc1ccc(S(=O)(=O)N(CC(=O)NCCCO)Cc2ccc(F)cc2)cc1. The Morgan fingerprint density at radius 3 is 2.33 bits per heavy atom. The average Bonchev–Trinajstić information content (AvgIpc) is 2.63. The Morgan fingerprint density at radius 1 is 1.11 bits per heavy atom. The number of halogens is 1. The molecule has 0 saturated heterocycles. The summed E-state index contributed by atoms with van der Waals surface area (Å²) in [6.07, 6.45) is 0.383. The molecular weight excluding hydrogens is 371 g/mol. The zero-order valence-corrected chi connectivity index (χ0v) is 15.9. The fraction of sp³-hybridized carbons (Fsp3) is 0.316. The van der Waals surface area contributed by atoms with E-state index in [1.165, 1.54) is 36.4 Å². The van der Waals surface area contributed by atoms with Crippen molar-refractivity contribution in [1.82, 2.24) is 9.62 Å². The van der Waals surface area contributed by atoms with Crippen molar-refractivity contribution >= 4 is 15.9 Å². The van der Waals surface area contributed by atoms with Crippen molar-refractivity contribution < 1.29 is 22.7 Å². The van der Waals surface area contributed by atoms with Crippen molar-refractivity contribution in [3.05, 3.63) is 65.5 Å². The maximum absolute atomic E-state index is 13.1. The van der Waals surface area contributed by atoms with Gasteiger partial charge in [0.25, 0.3) is 0 Å². The number of aliphatic hydroxyl groups excluding tert-OH is 1. The lowest BCUT2D eigenvalue weighted by Gasteiger charge is -2.22. The summed E-state index contributed by atoms with van der Waals surface area (Å²) in [5.74, 6) is -0.894. The van der Waals surface area contributed by atoms with Crippen LogP contribution in [-0.2, 0) is 21.4 Å². The molecule has 2 rings (SSSR count). The van der Waals surface area contributed by atoms with Crippen molar-refractivity contribution in [2.45, 2.75) is 24.8 Å². The summed E-state index contributed by atoms with van der Waals surface area (Å²) in [5, 5.41) is 11.4. The number of carbonyl (C=O) groups excluding carboxylic acids is 1. The molecule has 0 bridgehead atoms. The maximum atomic E-state index is 13.1. The van der Waals surface area contributed by atoms with Gasteiger partial charge in [0.05, 0.1) is 11.4 Å². The summed E-state index contributed by atoms with van der Waals surface area (Å²) in [7, 11) is -3.92. The highest BCUT2D eigenvalue weighted by Gasteiger charge is 2.26. The second-order valence-electron chi connectivity index (χ2n) is 6.14. The number of carbonyl (C=O) groups is 1. The lowest BCUT2D eigenvalue weighted by molar-refractivity contribution is -0.121. The number of aryl methyl sites for hydroxylation is 1. The van der Waals surface area contributed by atoms with Gasteiger partial charge in [-0.2, -0.15) is 4.31 Å². The first kappa shape index (κ1) is 21.0. The van der Waals surface area contributed by atoms with Crippen LogP contribution < -0.4 is 5.32 Å². The van der Waals surface area contributed by atoms with E-state index in [1.807, 2.05) is 6.92 Å². The molecule has 0 aliphatic rings. The van der Waals surface area contributed by atoms with Gasteiger partial charge in [0.2, 0.25) is 15.9 Å². The van der Waals surface area contributed by atoms with Crippen LogP contribution in [0.4, 0.5) is 4.39 Å². The molecule has 6 nitrogen and oxygen atoms in total. The lowest BCUT2D eigenvalue weighted by Crippen LogP contribution is -2.40. The van der Waals surface area contributed by atoms with E-state index >= 15 is 0 Å². The quantitative estimate of drug-likeness (QED) is 0.635. The van der Waals surface area contributed by atoms with Crippen LogP contribution >= 0.6 is 0 Å². The van der Waals surface area contributed by atoms with Crippen LogP contribution in [0.3, 0.4) is 0 Å². The number of aliphatic hydroxyl groups is 1. The minimum atomic E-state index is -3.92. The van der Waals surface area contributed by atoms with Crippen LogP contribution in [0, 0.1) is 12.7 Å². The van der Waals surface area contributed by atoms with E-state index in [2.05, 4.69) is 5.32 Å². The molecule has 27 heavy (non-hydrogen) atoms. The number of sulfonamides is 1. The fourth-order valence-corrected chi connectivity index (χ4v) is 3.79. The third-order valence-corrected chi connectivity index (χ3v) is 5.71. The normalized spacial score (nSPS) is 11.6. The second kappa shape index (κ2) is 9.59. The maximum Gasteiger partial charge on any atom is 0.243 e. The molecule has 0 radical (unpaired) electrons. The monoisotopic (exact) mass is 394 g/mol. The van der Waals surface area contributed by atoms with E-state index in [1.54, 1.807) is 12.1 Å². The van der Waals surface area contributed by atoms with Crippen LogP contribution in [0.15, 0.2) is 53.4 Å². The van der Waals surface area contributed by atoms with Crippen LogP contribution in [0.5, 0.6) is 0 Å². The fourth-order valence-electron chi connectivity index (χ4n) is 2.40. The van der Waals surface area contributed by atoms with Gasteiger partial charge in [-0.3, -0.25) is 4.79 Å². The van der Waals surface area contributed by atoms with Gasteiger partial charge in [-0.1, -0.05) is 29.8 Å². The molecule has 0 unspecified atom stereocenters. The Balaban J connectivity index is 2.25. The third kappa shape index (κ3) is 6.13. The number of benzene rings is 2. The van der Waals surface area contributed by atoms with E-state index in [4.69, 9.17) is 5.11 Å². The van der Waals surface area contributed by atoms with Gasteiger partial charge in [-0.05, 0) is 43.2 Å². The van der Waals surface area contributed by atoms with Gasteiger partial charge < -0.3 is 10.4 Å². The van der Waals surface area contributed by atoms with E-state index in [0.29, 0.717) is 12.0 Å². The molecule has 2 aromatic rings. The molecular formula is C19H23FN2O4S. The van der Waals surface area contributed by atoms with Crippen LogP contribution in [0.1, 0.15) is 17.5 Å². The zero-order chi connectivity index (χ0) is 19.9. The first-order chi connectivity index (χ1) is 12.8. The molecule has 0 atom stereocenters. The first-order valence-electron chi connectivity index (χ1n) is 8.52. The molecule has 0 aliphatic heterocycles. The molecule has 0 aromatic heterocycles. The molecule has 146 valence electrons. The summed E-state index contributed by atoms with van der Waals surface area (Å²) in [6.45, 7) is 1.59. The Kier molecular flexibility index (Phi) is 7.46. The number of nitrogens with zero attached hydrogens (tertiary/aromatic N) is 1. The molecule has 8 heteroatoms. The molecule has 0 spiro atoms. The highest BCUT2D eigenvalue weighted by atomic mass is 32.2. The van der Waals surface area contributed by atoms with E-state index in [0.717, 1.165) is 9.87 Å². The van der Waals surface area contributed by atoms with Gasteiger partial charge in [0.1, 0.15) is 5.82 Å². The third-order valence-electron chi connectivity index (χ3n) is 3.91. The van der Waals surface area contributed by atoms with Crippen molar-refractivity contribution in [1.29, 1.82) is 0 Å². The summed E-state index contributed by atoms with van der Waals surface area (Å²) < 4.78 is 40.2. The van der Waals surface area contributed by atoms with Gasteiger partial charge in [0, 0.05) is 19.7 Å². The molecule has 0 heterocycles. The number of nitrogens with one attached hydrogen (secondary N) is 1. The summed E-state index contributed by atoms with van der Waals surface area (Å²) in [4.78, 5) is 12.2. The largest absolute Gasteiger partial charge is 0.396 e. The molecule has 0 aliphatic carbocycles. The minimum Gasteiger partial charge on any atom is -0.396 e. The average molecular weight is 394 g/mol. The first-order valence-corrected chi connectivity index (χ1v) is 9.96. The molecule has 0 fully saturated rings. The number of amides is 1. The summed E-state index contributed by atoms with van der Waals surface area (Å²) in [5.41, 5.74) is 1.48. The van der Waals surface area contributed by atoms with Crippen LogP contribution in [-0.4, -0.2) is 43.4 Å². The molecule has 2 aromatic carbocycles. The zero-order valence-electron chi connectivity index (χ0n) is 15.1. The topological polar surface area (TPSA) is 86.7 Å². The Morgan fingerprint density at radius 2 is 1.74 bits per heavy atom. The number of hydrogen-bond donors (Lipinski definition) is 2. The number of rotatable bonds is 9. The highest BCUT2D eigenvalue weighted by Crippen LogP contribution is 2.19. The van der Waals surface area contributed by atoms with Gasteiger partial charge in [-0.15, -0.1) is 0 Å². The molecule has 2 N–H and O–H groups in total.